The number of amides is 1. The number of rotatable bonds is 6. The van der Waals surface area contributed by atoms with E-state index in [9.17, 15) is 42.6 Å². The minimum absolute atomic E-state index is 0.225. The standard InChI is InChI=1S/C30H28F4N2O6/c1-29(2,3)36(28(41)42)13-11-30(12-14-36,27(39)40)24(19-9-8-18(31)15-22(19)34)26(38)17-7-10-23(37)35(16-17)25-20(32)5-4-6-21(25)33/h4-10,15-16,24H,11-14H2,1-3H3,(H-,39,40,41,42)/p+1. The number of aromatic nitrogens is 1. The molecule has 1 aliphatic rings. The second-order valence-corrected chi connectivity index (χ2v) is 11.5. The summed E-state index contributed by atoms with van der Waals surface area (Å²) in [5.41, 5.74) is -5.42. The molecule has 1 amide bonds. The highest BCUT2D eigenvalue weighted by molar-refractivity contribution is 6.04. The van der Waals surface area contributed by atoms with Gasteiger partial charge in [0.1, 0.15) is 34.5 Å². The maximum atomic E-state index is 15.3. The van der Waals surface area contributed by atoms with E-state index < -0.39 is 79.3 Å². The average molecular weight is 590 g/mol. The van der Waals surface area contributed by atoms with Crippen molar-refractivity contribution in [3.8, 4) is 5.69 Å². The van der Waals surface area contributed by atoms with E-state index in [0.717, 1.165) is 48.7 Å². The molecule has 2 heterocycles. The number of hydrogen-bond acceptors (Lipinski definition) is 4. The largest absolute Gasteiger partial charge is 0.513 e. The highest BCUT2D eigenvalue weighted by atomic mass is 19.1. The van der Waals surface area contributed by atoms with Crippen molar-refractivity contribution in [3.05, 3.63) is 99.5 Å². The van der Waals surface area contributed by atoms with E-state index >= 15 is 4.39 Å². The molecule has 1 atom stereocenters. The zero-order chi connectivity index (χ0) is 31.2. The van der Waals surface area contributed by atoms with Crippen LogP contribution in [0, 0.1) is 28.7 Å². The zero-order valence-electron chi connectivity index (χ0n) is 23.0. The number of hydrogen-bond donors (Lipinski definition) is 2. The summed E-state index contributed by atoms with van der Waals surface area (Å²) in [7, 11) is 0. The fourth-order valence-corrected chi connectivity index (χ4v) is 5.91. The molecule has 1 saturated heterocycles. The summed E-state index contributed by atoms with van der Waals surface area (Å²) in [5, 5.41) is 20.7. The van der Waals surface area contributed by atoms with Crippen LogP contribution in [0.25, 0.3) is 5.69 Å². The average Bonchev–Trinajstić information content (AvgIpc) is 2.90. The quantitative estimate of drug-likeness (QED) is 0.223. The fraction of sp³-hybridized carbons (Fsp3) is 0.333. The van der Waals surface area contributed by atoms with Crippen molar-refractivity contribution in [2.24, 2.45) is 5.41 Å². The van der Waals surface area contributed by atoms with Crippen molar-refractivity contribution in [1.29, 1.82) is 0 Å². The number of halogens is 4. The Bertz CT molecular complexity index is 1620. The lowest BCUT2D eigenvalue weighted by molar-refractivity contribution is -0.909. The Hall–Kier alpha value is -4.32. The normalized spacial score (nSPS) is 21.5. The highest BCUT2D eigenvalue weighted by Crippen LogP contribution is 2.50. The number of pyridine rings is 1. The molecule has 8 nitrogen and oxygen atoms in total. The van der Waals surface area contributed by atoms with E-state index in [4.69, 9.17) is 0 Å². The van der Waals surface area contributed by atoms with Gasteiger partial charge in [-0.25, -0.2) is 22.0 Å². The molecule has 12 heteroatoms. The first-order chi connectivity index (χ1) is 19.6. The monoisotopic (exact) mass is 589 g/mol. The van der Waals surface area contributed by atoms with Gasteiger partial charge in [-0.05, 0) is 45.0 Å². The lowest BCUT2D eigenvalue weighted by Gasteiger charge is -2.51. The van der Waals surface area contributed by atoms with Crippen LogP contribution < -0.4 is 5.56 Å². The van der Waals surface area contributed by atoms with Crippen LogP contribution in [0.1, 0.15) is 55.5 Å². The number of quaternary nitrogens is 1. The molecule has 3 aromatic rings. The van der Waals surface area contributed by atoms with Gasteiger partial charge in [0.15, 0.2) is 5.78 Å². The number of carbonyl (C=O) groups is 3. The number of benzene rings is 2. The molecular weight excluding hydrogens is 560 g/mol. The second-order valence-electron chi connectivity index (χ2n) is 11.5. The van der Waals surface area contributed by atoms with Crippen molar-refractivity contribution in [2.75, 3.05) is 13.1 Å². The summed E-state index contributed by atoms with van der Waals surface area (Å²) in [4.78, 5) is 52.2. The number of carboxylic acids is 1. The van der Waals surface area contributed by atoms with Gasteiger partial charge in [0.05, 0.1) is 24.4 Å². The number of nitrogens with zero attached hydrogens (tertiary/aromatic N) is 2. The predicted molar refractivity (Wildman–Crippen MR) is 142 cm³/mol. The first-order valence-corrected chi connectivity index (χ1v) is 13.1. The van der Waals surface area contributed by atoms with Gasteiger partial charge in [0, 0.05) is 42.3 Å². The van der Waals surface area contributed by atoms with Gasteiger partial charge in [0.25, 0.3) is 5.56 Å². The number of carbonyl (C=O) groups excluding carboxylic acids is 1. The fourth-order valence-electron chi connectivity index (χ4n) is 5.91. The SMILES string of the molecule is CC(C)(C)[N+]1(C(=O)O)CCC(C(=O)O)(C(C(=O)c2ccc(=O)n(-c3c(F)cccc3F)c2)c2ccc(F)cc2F)CC1. The van der Waals surface area contributed by atoms with Crippen molar-refractivity contribution in [1.82, 2.24) is 4.57 Å². The van der Waals surface area contributed by atoms with E-state index in [1.807, 2.05) is 0 Å². The Balaban J connectivity index is 1.92. The highest BCUT2D eigenvalue weighted by Gasteiger charge is 2.60. The predicted octanol–water partition coefficient (Wildman–Crippen LogP) is 5.52. The zero-order valence-corrected chi connectivity index (χ0v) is 23.0. The van der Waals surface area contributed by atoms with Crippen LogP contribution in [0.3, 0.4) is 0 Å². The van der Waals surface area contributed by atoms with Crippen molar-refractivity contribution >= 4 is 17.8 Å². The minimum atomic E-state index is -2.05. The van der Waals surface area contributed by atoms with Gasteiger partial charge in [-0.3, -0.25) is 19.0 Å². The van der Waals surface area contributed by atoms with Crippen LogP contribution in [0.5, 0.6) is 0 Å². The summed E-state index contributed by atoms with van der Waals surface area (Å²) < 4.78 is 58.4. The first-order valence-electron chi connectivity index (χ1n) is 13.1. The van der Waals surface area contributed by atoms with E-state index in [2.05, 4.69) is 0 Å². The van der Waals surface area contributed by atoms with E-state index in [1.165, 1.54) is 0 Å². The van der Waals surface area contributed by atoms with Gasteiger partial charge < -0.3 is 10.2 Å². The molecule has 2 N–H and O–H groups in total. The van der Waals surface area contributed by atoms with E-state index in [0.29, 0.717) is 10.6 Å². The number of para-hydroxylation sites is 1. The van der Waals surface area contributed by atoms with Crippen LogP contribution in [-0.4, -0.2) is 55.7 Å². The molecule has 1 fully saturated rings. The molecule has 0 spiro atoms. The maximum Gasteiger partial charge on any atom is 0.513 e. The third kappa shape index (κ3) is 5.00. The number of carboxylic acid groups (broad SMARTS) is 2. The summed E-state index contributed by atoms with van der Waals surface area (Å²) in [6.45, 7) is 4.60. The van der Waals surface area contributed by atoms with Crippen LogP contribution >= 0.6 is 0 Å². The summed E-state index contributed by atoms with van der Waals surface area (Å²) in [6.07, 6.45) is -1.11. The number of ketones is 1. The van der Waals surface area contributed by atoms with Gasteiger partial charge >= 0.3 is 12.1 Å². The Kier molecular flexibility index (Phi) is 7.90. The molecule has 2 aromatic carbocycles. The Morgan fingerprint density at radius 2 is 1.50 bits per heavy atom. The van der Waals surface area contributed by atoms with Crippen LogP contribution in [-0.2, 0) is 4.79 Å². The van der Waals surface area contributed by atoms with Crippen molar-refractivity contribution in [3.63, 3.8) is 0 Å². The minimum Gasteiger partial charge on any atom is -0.481 e. The maximum absolute atomic E-state index is 15.3. The number of likely N-dealkylation sites (tertiary alicyclic amines) is 1. The number of piperidine rings is 1. The van der Waals surface area contributed by atoms with Gasteiger partial charge in [-0.15, -0.1) is 0 Å². The van der Waals surface area contributed by atoms with E-state index in [-0.39, 0.29) is 31.5 Å². The summed E-state index contributed by atoms with van der Waals surface area (Å²) in [6, 6.07) is 7.07. The molecule has 1 unspecified atom stereocenters. The molecular formula is C30H29F4N2O6+. The smallest absolute Gasteiger partial charge is 0.481 e. The first kappa shape index (κ1) is 30.6. The Morgan fingerprint density at radius 3 is 2.00 bits per heavy atom. The summed E-state index contributed by atoms with van der Waals surface area (Å²) in [5.74, 6) is -8.74. The molecule has 0 bridgehead atoms. The molecule has 4 rings (SSSR count). The Labute approximate surface area is 238 Å². The summed E-state index contributed by atoms with van der Waals surface area (Å²) >= 11 is 0. The van der Waals surface area contributed by atoms with Gasteiger partial charge in [-0.1, -0.05) is 12.1 Å². The Morgan fingerprint density at radius 1 is 0.905 bits per heavy atom. The molecule has 0 radical (unpaired) electrons. The van der Waals surface area contributed by atoms with Crippen LogP contribution in [0.15, 0.2) is 59.5 Å². The lowest BCUT2D eigenvalue weighted by Crippen LogP contribution is -2.68. The lowest BCUT2D eigenvalue weighted by atomic mass is 9.63. The van der Waals surface area contributed by atoms with Crippen molar-refractivity contribution < 1.29 is 46.6 Å². The van der Waals surface area contributed by atoms with Crippen LogP contribution in [0.2, 0.25) is 0 Å². The third-order valence-corrected chi connectivity index (χ3v) is 8.42. The molecule has 1 aliphatic heterocycles. The van der Waals surface area contributed by atoms with Crippen LogP contribution in [0.4, 0.5) is 22.4 Å². The molecule has 42 heavy (non-hydrogen) atoms. The molecule has 1 aromatic heterocycles. The third-order valence-electron chi connectivity index (χ3n) is 8.42. The molecule has 0 aliphatic carbocycles. The second kappa shape index (κ2) is 10.8. The number of aliphatic carboxylic acids is 1. The molecule has 222 valence electrons. The van der Waals surface area contributed by atoms with Crippen molar-refractivity contribution in [2.45, 2.75) is 45.1 Å². The van der Waals surface area contributed by atoms with Gasteiger partial charge in [-0.2, -0.15) is 4.79 Å². The molecule has 0 saturated carbocycles. The number of Topliss-reactive ketones (excluding diaryl/α,β-unsaturated/α-hetero) is 1. The van der Waals surface area contributed by atoms with Gasteiger partial charge in [0.2, 0.25) is 0 Å². The topological polar surface area (TPSA) is 114 Å². The van der Waals surface area contributed by atoms with E-state index in [1.54, 1.807) is 20.8 Å².